The molecule has 5 nitrogen and oxygen atoms in total. The molecule has 1 aromatic heterocycles. The molecule has 2 aromatic rings. The van der Waals surface area contributed by atoms with E-state index >= 15 is 0 Å². The first-order valence-electron chi connectivity index (χ1n) is 7.36. The standard InChI is InChI=1S/C16H20FN3O2/c1-12-13(8-18-19-12)9-20-6-5-16(21,10-20)11-22-15-4-2-3-14(17)7-15/h2-4,7-8,21H,5-6,9-11H2,1H3,(H,18,19)/t16-/m0/s1. The zero-order valence-corrected chi connectivity index (χ0v) is 12.6. The Labute approximate surface area is 128 Å². The molecule has 0 radical (unpaired) electrons. The number of aromatic amines is 1. The summed E-state index contributed by atoms with van der Waals surface area (Å²) < 4.78 is 18.7. The monoisotopic (exact) mass is 305 g/mol. The summed E-state index contributed by atoms with van der Waals surface area (Å²) in [6, 6.07) is 5.97. The minimum atomic E-state index is -0.899. The van der Waals surface area contributed by atoms with Crippen LogP contribution in [-0.4, -0.2) is 45.5 Å². The van der Waals surface area contributed by atoms with Crippen LogP contribution in [0, 0.1) is 12.7 Å². The molecule has 6 heteroatoms. The number of β-amino-alcohol motifs (C(OH)–C–C–N with tert-alkyl or cyclic N) is 1. The van der Waals surface area contributed by atoms with E-state index in [0.29, 0.717) is 18.7 Å². The van der Waals surface area contributed by atoms with E-state index in [2.05, 4.69) is 15.1 Å². The Morgan fingerprint density at radius 2 is 2.36 bits per heavy atom. The summed E-state index contributed by atoms with van der Waals surface area (Å²) in [6.45, 7) is 4.24. The fourth-order valence-corrected chi connectivity index (χ4v) is 2.74. The van der Waals surface area contributed by atoms with Gasteiger partial charge in [0.25, 0.3) is 0 Å². The van der Waals surface area contributed by atoms with E-state index in [-0.39, 0.29) is 12.4 Å². The summed E-state index contributed by atoms with van der Waals surface area (Å²) in [4.78, 5) is 2.17. The maximum absolute atomic E-state index is 13.1. The molecule has 3 rings (SSSR count). The Bertz CT molecular complexity index is 646. The third-order valence-electron chi connectivity index (χ3n) is 4.04. The zero-order valence-electron chi connectivity index (χ0n) is 12.6. The van der Waals surface area contributed by atoms with Crippen molar-refractivity contribution in [1.29, 1.82) is 0 Å². The molecule has 2 heterocycles. The van der Waals surface area contributed by atoms with E-state index in [4.69, 9.17) is 4.74 Å². The van der Waals surface area contributed by atoms with Gasteiger partial charge in [-0.15, -0.1) is 0 Å². The van der Waals surface area contributed by atoms with Crippen LogP contribution >= 0.6 is 0 Å². The Balaban J connectivity index is 1.55. The number of aromatic nitrogens is 2. The molecule has 0 amide bonds. The normalized spacial score (nSPS) is 22.1. The minimum Gasteiger partial charge on any atom is -0.490 e. The summed E-state index contributed by atoms with van der Waals surface area (Å²) in [5.41, 5.74) is 1.28. The lowest BCUT2D eigenvalue weighted by Crippen LogP contribution is -2.39. The zero-order chi connectivity index (χ0) is 15.6. The number of aliphatic hydroxyl groups is 1. The van der Waals surface area contributed by atoms with Crippen molar-refractivity contribution in [3.8, 4) is 5.75 Å². The van der Waals surface area contributed by atoms with Crippen molar-refractivity contribution >= 4 is 0 Å². The highest BCUT2D eigenvalue weighted by Gasteiger charge is 2.37. The molecule has 1 saturated heterocycles. The smallest absolute Gasteiger partial charge is 0.126 e. The number of benzene rings is 1. The number of nitrogens with zero attached hydrogens (tertiary/aromatic N) is 2. The molecular weight excluding hydrogens is 285 g/mol. The second kappa shape index (κ2) is 6.06. The third-order valence-corrected chi connectivity index (χ3v) is 4.04. The lowest BCUT2D eigenvalue weighted by molar-refractivity contribution is 0.00328. The largest absolute Gasteiger partial charge is 0.490 e. The fourth-order valence-electron chi connectivity index (χ4n) is 2.74. The van der Waals surface area contributed by atoms with E-state index in [1.165, 1.54) is 12.1 Å². The summed E-state index contributed by atoms with van der Waals surface area (Å²) in [5, 5.41) is 17.5. The van der Waals surface area contributed by atoms with E-state index in [1.54, 1.807) is 12.1 Å². The number of hydrogen-bond acceptors (Lipinski definition) is 4. The summed E-state index contributed by atoms with van der Waals surface area (Å²) in [7, 11) is 0. The first kappa shape index (κ1) is 15.0. The lowest BCUT2D eigenvalue weighted by atomic mass is 10.1. The predicted octanol–water partition coefficient (Wildman–Crippen LogP) is 1.87. The van der Waals surface area contributed by atoms with Crippen LogP contribution in [0.3, 0.4) is 0 Å². The molecule has 1 aromatic carbocycles. The van der Waals surface area contributed by atoms with Crippen LogP contribution in [0.15, 0.2) is 30.5 Å². The van der Waals surface area contributed by atoms with Crippen LogP contribution in [0.5, 0.6) is 5.75 Å². The van der Waals surface area contributed by atoms with Crippen molar-refractivity contribution in [3.05, 3.63) is 47.5 Å². The number of halogens is 1. The van der Waals surface area contributed by atoms with Gasteiger partial charge in [0.1, 0.15) is 23.8 Å². The van der Waals surface area contributed by atoms with Gasteiger partial charge in [0.15, 0.2) is 0 Å². The van der Waals surface area contributed by atoms with Crippen molar-refractivity contribution < 1.29 is 14.2 Å². The van der Waals surface area contributed by atoms with Crippen LogP contribution in [-0.2, 0) is 6.54 Å². The van der Waals surface area contributed by atoms with Crippen LogP contribution in [0.4, 0.5) is 4.39 Å². The highest BCUT2D eigenvalue weighted by Crippen LogP contribution is 2.25. The average molecular weight is 305 g/mol. The maximum atomic E-state index is 13.1. The number of nitrogens with one attached hydrogen (secondary N) is 1. The summed E-state index contributed by atoms with van der Waals surface area (Å²) in [6.07, 6.45) is 2.45. The van der Waals surface area contributed by atoms with Gasteiger partial charge in [0.05, 0.1) is 6.20 Å². The molecule has 1 aliphatic heterocycles. The first-order valence-corrected chi connectivity index (χ1v) is 7.36. The quantitative estimate of drug-likeness (QED) is 0.885. The topological polar surface area (TPSA) is 61.4 Å². The van der Waals surface area contributed by atoms with Gasteiger partial charge in [-0.2, -0.15) is 5.10 Å². The van der Waals surface area contributed by atoms with E-state index in [0.717, 1.165) is 24.3 Å². The predicted molar refractivity (Wildman–Crippen MR) is 80.1 cm³/mol. The number of likely N-dealkylation sites (tertiary alicyclic amines) is 1. The van der Waals surface area contributed by atoms with Crippen molar-refractivity contribution in [2.24, 2.45) is 0 Å². The van der Waals surface area contributed by atoms with Crippen LogP contribution in [0.2, 0.25) is 0 Å². The fraction of sp³-hybridized carbons (Fsp3) is 0.438. The van der Waals surface area contributed by atoms with Crippen molar-refractivity contribution in [2.75, 3.05) is 19.7 Å². The van der Waals surface area contributed by atoms with Gasteiger partial charge < -0.3 is 9.84 Å². The molecule has 0 aliphatic carbocycles. The second-order valence-corrected chi connectivity index (χ2v) is 5.95. The van der Waals surface area contributed by atoms with Gasteiger partial charge in [-0.25, -0.2) is 4.39 Å². The molecule has 0 unspecified atom stereocenters. The van der Waals surface area contributed by atoms with Gasteiger partial charge in [0, 0.05) is 37.0 Å². The first-order chi connectivity index (χ1) is 10.5. The van der Waals surface area contributed by atoms with Crippen molar-refractivity contribution in [1.82, 2.24) is 15.1 Å². The summed E-state index contributed by atoms with van der Waals surface area (Å²) in [5.74, 6) is 0.102. The minimum absolute atomic E-state index is 0.164. The van der Waals surface area contributed by atoms with Gasteiger partial charge >= 0.3 is 0 Å². The number of aryl methyl sites for hydroxylation is 1. The van der Waals surface area contributed by atoms with E-state index < -0.39 is 5.60 Å². The summed E-state index contributed by atoms with van der Waals surface area (Å²) >= 11 is 0. The Morgan fingerprint density at radius 1 is 1.50 bits per heavy atom. The van der Waals surface area contributed by atoms with Gasteiger partial charge in [0.2, 0.25) is 0 Å². The van der Waals surface area contributed by atoms with E-state index in [9.17, 15) is 9.50 Å². The number of ether oxygens (including phenoxy) is 1. The van der Waals surface area contributed by atoms with Crippen molar-refractivity contribution in [3.63, 3.8) is 0 Å². The van der Waals surface area contributed by atoms with Gasteiger partial charge in [-0.1, -0.05) is 6.07 Å². The number of H-pyrrole nitrogens is 1. The number of rotatable bonds is 5. The van der Waals surface area contributed by atoms with Crippen LogP contribution in [0.25, 0.3) is 0 Å². The highest BCUT2D eigenvalue weighted by atomic mass is 19.1. The molecule has 118 valence electrons. The molecule has 0 saturated carbocycles. The molecule has 22 heavy (non-hydrogen) atoms. The Kier molecular flexibility index (Phi) is 4.13. The molecule has 0 spiro atoms. The number of hydrogen-bond donors (Lipinski definition) is 2. The lowest BCUT2D eigenvalue weighted by Gasteiger charge is -2.23. The molecule has 0 bridgehead atoms. The van der Waals surface area contributed by atoms with Gasteiger partial charge in [-0.05, 0) is 25.5 Å². The SMILES string of the molecule is Cc1[nH]ncc1CN1CC[C@@](O)(COc2cccc(F)c2)C1. The molecular formula is C16H20FN3O2. The molecule has 1 fully saturated rings. The second-order valence-electron chi connectivity index (χ2n) is 5.95. The highest BCUT2D eigenvalue weighted by molar-refractivity contribution is 5.22. The molecule has 1 aliphatic rings. The third kappa shape index (κ3) is 3.45. The maximum Gasteiger partial charge on any atom is 0.126 e. The van der Waals surface area contributed by atoms with Crippen LogP contribution < -0.4 is 4.74 Å². The van der Waals surface area contributed by atoms with Crippen LogP contribution in [0.1, 0.15) is 17.7 Å². The Morgan fingerprint density at radius 3 is 3.09 bits per heavy atom. The molecule has 2 N–H and O–H groups in total. The molecule has 1 atom stereocenters. The Hall–Kier alpha value is -1.92. The van der Waals surface area contributed by atoms with E-state index in [1.807, 2.05) is 13.1 Å². The van der Waals surface area contributed by atoms with Gasteiger partial charge in [-0.3, -0.25) is 10.00 Å². The average Bonchev–Trinajstić information content (AvgIpc) is 3.05. The van der Waals surface area contributed by atoms with Crippen molar-refractivity contribution in [2.45, 2.75) is 25.5 Å².